The van der Waals surface area contributed by atoms with Crippen LogP contribution in [0, 0.1) is 6.92 Å². The summed E-state index contributed by atoms with van der Waals surface area (Å²) in [5.41, 5.74) is -0.393. The topological polar surface area (TPSA) is 89.5 Å². The van der Waals surface area contributed by atoms with Crippen molar-refractivity contribution in [3.8, 4) is 0 Å². The summed E-state index contributed by atoms with van der Waals surface area (Å²) in [6, 6.07) is -0.486. The van der Waals surface area contributed by atoms with Crippen LogP contribution >= 0.6 is 0 Å². The molecule has 0 amide bonds. The molecule has 0 bridgehead atoms. The molecule has 0 unspecified atom stereocenters. The lowest BCUT2D eigenvalue weighted by Crippen LogP contribution is -2.52. The lowest BCUT2D eigenvalue weighted by Gasteiger charge is -2.39. The number of halogens is 3. The summed E-state index contributed by atoms with van der Waals surface area (Å²) in [4.78, 5) is 20.1. The molecular weight excluding hydrogens is 393 g/mol. The van der Waals surface area contributed by atoms with Crippen molar-refractivity contribution in [2.24, 2.45) is 0 Å². The molecule has 4 heterocycles. The number of anilines is 2. The van der Waals surface area contributed by atoms with Crippen LogP contribution in [0.15, 0.2) is 15.3 Å². The van der Waals surface area contributed by atoms with Gasteiger partial charge in [-0.15, -0.1) is 10.2 Å². The Balaban J connectivity index is 1.78. The van der Waals surface area contributed by atoms with Crippen molar-refractivity contribution in [1.82, 2.24) is 19.7 Å². The van der Waals surface area contributed by atoms with Gasteiger partial charge in [-0.3, -0.25) is 9.36 Å². The summed E-state index contributed by atoms with van der Waals surface area (Å²) < 4.78 is 53.2. The number of fused-ring (bicyclic) bond motifs is 1. The number of hydrogen-bond donors (Lipinski definition) is 0. The van der Waals surface area contributed by atoms with Crippen molar-refractivity contribution in [2.45, 2.75) is 51.6 Å². The Morgan fingerprint density at radius 1 is 1.28 bits per heavy atom. The highest BCUT2D eigenvalue weighted by Crippen LogP contribution is 2.35. The van der Waals surface area contributed by atoms with E-state index in [4.69, 9.17) is 9.15 Å². The van der Waals surface area contributed by atoms with E-state index in [0.29, 0.717) is 25.6 Å². The Labute approximate surface area is 164 Å². The Bertz CT molecular complexity index is 943. The van der Waals surface area contributed by atoms with Crippen molar-refractivity contribution in [2.75, 3.05) is 29.6 Å². The van der Waals surface area contributed by atoms with Crippen LogP contribution in [-0.4, -0.2) is 57.8 Å². The molecule has 2 atom stereocenters. The third-order valence-electron chi connectivity index (χ3n) is 5.15. The average molecular weight is 414 g/mol. The molecule has 2 aliphatic heterocycles. The average Bonchev–Trinajstić information content (AvgIpc) is 3.06. The van der Waals surface area contributed by atoms with Gasteiger partial charge in [-0.2, -0.15) is 18.2 Å². The van der Waals surface area contributed by atoms with Crippen LogP contribution in [0.2, 0.25) is 0 Å². The van der Waals surface area contributed by atoms with Gasteiger partial charge in [0.15, 0.2) is 0 Å². The first-order valence-electron chi connectivity index (χ1n) is 9.32. The van der Waals surface area contributed by atoms with Crippen LogP contribution in [0.1, 0.15) is 25.1 Å². The van der Waals surface area contributed by atoms with E-state index in [9.17, 15) is 18.0 Å². The number of nitrogens with zero attached hydrogens (tertiary/aromatic N) is 6. The predicted molar refractivity (Wildman–Crippen MR) is 95.8 cm³/mol. The molecule has 1 saturated heterocycles. The van der Waals surface area contributed by atoms with E-state index in [0.717, 1.165) is 4.90 Å². The molecule has 0 saturated carbocycles. The summed E-state index contributed by atoms with van der Waals surface area (Å²) in [5, 5.41) is 7.49. The first kappa shape index (κ1) is 19.7. The first-order chi connectivity index (χ1) is 13.7. The molecular formula is C17H21F3N6O3. The second-order valence-electron chi connectivity index (χ2n) is 7.21. The molecule has 29 heavy (non-hydrogen) atoms. The molecule has 0 N–H and O–H groups in total. The first-order valence-corrected chi connectivity index (χ1v) is 9.32. The third kappa shape index (κ3) is 3.80. The molecule has 2 aliphatic rings. The van der Waals surface area contributed by atoms with Gasteiger partial charge in [-0.05, 0) is 13.3 Å². The largest absolute Gasteiger partial charge is 0.424 e. The second kappa shape index (κ2) is 7.32. The zero-order valence-electron chi connectivity index (χ0n) is 16.0. The van der Waals surface area contributed by atoms with E-state index < -0.39 is 17.8 Å². The highest BCUT2D eigenvalue weighted by atomic mass is 19.4. The lowest BCUT2D eigenvalue weighted by molar-refractivity contribution is -0.153. The minimum absolute atomic E-state index is 0.0320. The van der Waals surface area contributed by atoms with Gasteiger partial charge in [-0.1, -0.05) is 0 Å². The predicted octanol–water partition coefficient (Wildman–Crippen LogP) is 1.50. The molecule has 1 fully saturated rings. The normalized spacial score (nSPS) is 22.7. The van der Waals surface area contributed by atoms with Crippen molar-refractivity contribution < 1.29 is 22.3 Å². The summed E-state index contributed by atoms with van der Waals surface area (Å²) in [6.45, 7) is 4.53. The van der Waals surface area contributed by atoms with Gasteiger partial charge in [0.2, 0.25) is 17.7 Å². The van der Waals surface area contributed by atoms with Crippen LogP contribution < -0.4 is 15.4 Å². The van der Waals surface area contributed by atoms with Crippen molar-refractivity contribution in [1.29, 1.82) is 0 Å². The Morgan fingerprint density at radius 2 is 2.07 bits per heavy atom. The fraction of sp³-hybridized carbons (Fsp3) is 0.647. The van der Waals surface area contributed by atoms with Gasteiger partial charge in [0.25, 0.3) is 5.56 Å². The van der Waals surface area contributed by atoms with Crippen LogP contribution in [0.5, 0.6) is 0 Å². The molecule has 0 spiro atoms. The number of aryl methyl sites for hydroxylation is 1. The van der Waals surface area contributed by atoms with E-state index in [2.05, 4.69) is 15.2 Å². The molecule has 12 heteroatoms. The maximum atomic E-state index is 13.8. The van der Waals surface area contributed by atoms with Crippen molar-refractivity contribution in [3.05, 3.63) is 28.2 Å². The molecule has 9 nitrogen and oxygen atoms in total. The monoisotopic (exact) mass is 414 g/mol. The molecule has 158 valence electrons. The quantitative estimate of drug-likeness (QED) is 0.747. The Hall–Kier alpha value is -2.63. The summed E-state index contributed by atoms with van der Waals surface area (Å²) in [6.07, 6.45) is -4.77. The lowest BCUT2D eigenvalue weighted by atomic mass is 10.1. The molecule has 4 rings (SSSR count). The van der Waals surface area contributed by atoms with Gasteiger partial charge >= 0.3 is 6.18 Å². The maximum Gasteiger partial charge on any atom is 0.408 e. The minimum atomic E-state index is -4.50. The SMILES string of the molecule is Cc1nnc(CN2c3nc(N4CCOC[C@H]4C)cc(=O)n3CC[C@H]2C(F)(F)F)o1. The van der Waals surface area contributed by atoms with E-state index >= 15 is 0 Å². The van der Waals surface area contributed by atoms with Gasteiger partial charge < -0.3 is 19.0 Å². The smallest absolute Gasteiger partial charge is 0.408 e. The molecule has 0 radical (unpaired) electrons. The van der Waals surface area contributed by atoms with Gasteiger partial charge in [0.1, 0.15) is 11.9 Å². The zero-order chi connectivity index (χ0) is 20.8. The van der Waals surface area contributed by atoms with E-state index in [-0.39, 0.29) is 43.3 Å². The standard InChI is InChI=1S/C17H21F3N6O3/c1-10-9-28-6-5-24(10)13-7-15(27)25-4-3-12(17(18,19)20)26(16(25)21-13)8-14-23-22-11(2)29-14/h7,10,12H,3-6,8-9H2,1-2H3/t10-,12+/m1/s1. The molecule has 0 aliphatic carbocycles. The summed E-state index contributed by atoms with van der Waals surface area (Å²) in [7, 11) is 0. The third-order valence-corrected chi connectivity index (χ3v) is 5.15. The van der Waals surface area contributed by atoms with Crippen LogP contribution in [0.4, 0.5) is 24.9 Å². The van der Waals surface area contributed by atoms with Gasteiger partial charge in [0.05, 0.1) is 25.8 Å². The number of ether oxygens (including phenoxy) is 1. The van der Waals surface area contributed by atoms with Crippen LogP contribution in [0.3, 0.4) is 0 Å². The van der Waals surface area contributed by atoms with E-state index in [1.54, 1.807) is 6.92 Å². The van der Waals surface area contributed by atoms with Gasteiger partial charge in [0, 0.05) is 26.1 Å². The summed E-state index contributed by atoms with van der Waals surface area (Å²) >= 11 is 0. The number of rotatable bonds is 3. The van der Waals surface area contributed by atoms with Crippen LogP contribution in [0.25, 0.3) is 0 Å². The second-order valence-corrected chi connectivity index (χ2v) is 7.21. The number of alkyl halides is 3. The van der Waals surface area contributed by atoms with Crippen LogP contribution in [-0.2, 0) is 17.8 Å². The molecule has 2 aromatic rings. The zero-order valence-corrected chi connectivity index (χ0v) is 16.0. The highest BCUT2D eigenvalue weighted by molar-refractivity contribution is 5.47. The number of hydrogen-bond acceptors (Lipinski definition) is 8. The maximum absolute atomic E-state index is 13.8. The fourth-order valence-electron chi connectivity index (χ4n) is 3.74. The molecule has 2 aromatic heterocycles. The highest BCUT2D eigenvalue weighted by Gasteiger charge is 2.47. The van der Waals surface area contributed by atoms with Gasteiger partial charge in [-0.25, -0.2) is 0 Å². The number of morpholine rings is 1. The summed E-state index contributed by atoms with van der Waals surface area (Å²) in [5.74, 6) is 0.577. The Kier molecular flexibility index (Phi) is 4.97. The fourth-order valence-corrected chi connectivity index (χ4v) is 3.74. The van der Waals surface area contributed by atoms with E-state index in [1.165, 1.54) is 10.6 Å². The van der Waals surface area contributed by atoms with E-state index in [1.807, 2.05) is 11.8 Å². The molecule has 0 aromatic carbocycles. The number of aromatic nitrogens is 4. The van der Waals surface area contributed by atoms with Crippen molar-refractivity contribution in [3.63, 3.8) is 0 Å². The minimum Gasteiger partial charge on any atom is -0.424 e. The Morgan fingerprint density at radius 3 is 2.72 bits per heavy atom. The van der Waals surface area contributed by atoms with Crippen molar-refractivity contribution >= 4 is 11.8 Å².